The number of methoxy groups -OCH3 is 1. The lowest BCUT2D eigenvalue weighted by Gasteiger charge is -2.21. The van der Waals surface area contributed by atoms with E-state index in [0.717, 1.165) is 54.6 Å². The predicted molar refractivity (Wildman–Crippen MR) is 108 cm³/mol. The average Bonchev–Trinajstić information content (AvgIpc) is 2.89. The molecule has 1 aliphatic heterocycles. The van der Waals surface area contributed by atoms with Crippen molar-refractivity contribution in [2.45, 2.75) is 20.0 Å². The van der Waals surface area contributed by atoms with E-state index < -0.39 is 0 Å². The maximum Gasteiger partial charge on any atom is 0.123 e. The molecule has 3 aromatic rings. The van der Waals surface area contributed by atoms with Crippen molar-refractivity contribution in [3.8, 4) is 17.0 Å². The summed E-state index contributed by atoms with van der Waals surface area (Å²) >= 11 is 0. The molecule has 0 saturated carbocycles. The van der Waals surface area contributed by atoms with Crippen LogP contribution < -0.4 is 10.1 Å². The lowest BCUT2D eigenvalue weighted by molar-refractivity contribution is 0.266. The molecular weight excluding hydrogens is 336 g/mol. The Kier molecular flexibility index (Phi) is 5.03. The molecule has 3 heterocycles. The number of nitrogens with zero attached hydrogens (tertiary/aromatic N) is 3. The highest BCUT2D eigenvalue weighted by Gasteiger charge is 2.17. The SMILES string of the molecule is COc1ccccc1CN1CCNc2cc(-c3ccnc(C)c3)ncc2C1. The van der Waals surface area contributed by atoms with E-state index in [1.807, 2.05) is 37.5 Å². The molecule has 0 atom stereocenters. The molecule has 0 aliphatic carbocycles. The van der Waals surface area contributed by atoms with E-state index in [1.165, 1.54) is 11.1 Å². The Labute approximate surface area is 160 Å². The van der Waals surface area contributed by atoms with Gasteiger partial charge in [0, 0.05) is 66.6 Å². The van der Waals surface area contributed by atoms with Crippen LogP contribution in [0, 0.1) is 6.92 Å². The molecule has 0 saturated heterocycles. The molecular formula is C22H24N4O. The van der Waals surface area contributed by atoms with Crippen LogP contribution in [0.2, 0.25) is 0 Å². The van der Waals surface area contributed by atoms with Gasteiger partial charge < -0.3 is 10.1 Å². The molecule has 138 valence electrons. The second-order valence-electron chi connectivity index (χ2n) is 6.86. The zero-order valence-electron chi connectivity index (χ0n) is 15.8. The van der Waals surface area contributed by atoms with Crippen molar-refractivity contribution in [1.29, 1.82) is 0 Å². The molecule has 0 radical (unpaired) electrons. The maximum absolute atomic E-state index is 5.50. The first-order valence-electron chi connectivity index (χ1n) is 9.23. The number of hydrogen-bond donors (Lipinski definition) is 1. The number of aryl methyl sites for hydroxylation is 1. The van der Waals surface area contributed by atoms with Gasteiger partial charge in [0.25, 0.3) is 0 Å². The predicted octanol–water partition coefficient (Wildman–Crippen LogP) is 3.89. The van der Waals surface area contributed by atoms with Crippen LogP contribution in [0.25, 0.3) is 11.3 Å². The highest BCUT2D eigenvalue weighted by atomic mass is 16.5. The van der Waals surface area contributed by atoms with Crippen LogP contribution >= 0.6 is 0 Å². The Balaban J connectivity index is 1.56. The molecule has 0 spiro atoms. The van der Waals surface area contributed by atoms with Gasteiger partial charge in [-0.3, -0.25) is 14.9 Å². The van der Waals surface area contributed by atoms with E-state index in [-0.39, 0.29) is 0 Å². The monoisotopic (exact) mass is 360 g/mol. The molecule has 2 aromatic heterocycles. The molecule has 5 nitrogen and oxygen atoms in total. The van der Waals surface area contributed by atoms with Crippen molar-refractivity contribution in [3.63, 3.8) is 0 Å². The van der Waals surface area contributed by atoms with Crippen molar-refractivity contribution < 1.29 is 4.74 Å². The summed E-state index contributed by atoms with van der Waals surface area (Å²) in [5.41, 5.74) is 6.67. The van der Waals surface area contributed by atoms with Crippen LogP contribution in [0.4, 0.5) is 5.69 Å². The number of hydrogen-bond acceptors (Lipinski definition) is 5. The summed E-state index contributed by atoms with van der Waals surface area (Å²) < 4.78 is 5.50. The third kappa shape index (κ3) is 3.93. The standard InChI is InChI=1S/C22H24N4O/c1-16-11-17(7-8-23-16)20-12-21-19(13-25-20)15-26(10-9-24-21)14-18-5-3-4-6-22(18)27-2/h3-8,11-13,24H,9-10,14-15H2,1-2H3. The van der Waals surface area contributed by atoms with Gasteiger partial charge in [0.1, 0.15) is 5.75 Å². The molecule has 27 heavy (non-hydrogen) atoms. The number of rotatable bonds is 4. The van der Waals surface area contributed by atoms with Gasteiger partial charge in [-0.2, -0.15) is 0 Å². The molecule has 4 rings (SSSR count). The minimum atomic E-state index is 0.858. The quantitative estimate of drug-likeness (QED) is 0.765. The smallest absolute Gasteiger partial charge is 0.123 e. The zero-order chi connectivity index (χ0) is 18.6. The normalized spacial score (nSPS) is 14.1. The van der Waals surface area contributed by atoms with Gasteiger partial charge in [-0.1, -0.05) is 18.2 Å². The van der Waals surface area contributed by atoms with E-state index in [1.54, 1.807) is 7.11 Å². The second-order valence-corrected chi connectivity index (χ2v) is 6.86. The minimum absolute atomic E-state index is 0.858. The highest BCUT2D eigenvalue weighted by Crippen LogP contribution is 2.27. The summed E-state index contributed by atoms with van der Waals surface area (Å²) in [5.74, 6) is 0.941. The van der Waals surface area contributed by atoms with Gasteiger partial charge in [0.15, 0.2) is 0 Å². The average molecular weight is 360 g/mol. The number of anilines is 1. The number of pyridine rings is 2. The van der Waals surface area contributed by atoms with Crippen molar-refractivity contribution in [1.82, 2.24) is 14.9 Å². The fourth-order valence-corrected chi connectivity index (χ4v) is 3.52. The lowest BCUT2D eigenvalue weighted by atomic mass is 10.1. The number of benzene rings is 1. The molecule has 0 fully saturated rings. The molecule has 0 amide bonds. The van der Waals surface area contributed by atoms with Gasteiger partial charge in [-0.05, 0) is 31.2 Å². The summed E-state index contributed by atoms with van der Waals surface area (Å²) in [6.07, 6.45) is 3.83. The lowest BCUT2D eigenvalue weighted by Crippen LogP contribution is -2.25. The summed E-state index contributed by atoms with van der Waals surface area (Å²) in [4.78, 5) is 11.4. The van der Waals surface area contributed by atoms with Gasteiger partial charge in [-0.15, -0.1) is 0 Å². The zero-order valence-corrected chi connectivity index (χ0v) is 15.8. The van der Waals surface area contributed by atoms with E-state index in [0.29, 0.717) is 0 Å². The van der Waals surface area contributed by atoms with Gasteiger partial charge in [-0.25, -0.2) is 0 Å². The van der Waals surface area contributed by atoms with E-state index in [2.05, 4.69) is 39.5 Å². The molecule has 1 aliphatic rings. The van der Waals surface area contributed by atoms with Crippen molar-refractivity contribution in [2.24, 2.45) is 0 Å². The van der Waals surface area contributed by atoms with Crippen LogP contribution in [0.5, 0.6) is 5.75 Å². The number of para-hydroxylation sites is 1. The Bertz CT molecular complexity index is 941. The number of nitrogens with one attached hydrogen (secondary N) is 1. The minimum Gasteiger partial charge on any atom is -0.496 e. The second kappa shape index (κ2) is 7.76. The van der Waals surface area contributed by atoms with Crippen molar-refractivity contribution in [2.75, 3.05) is 25.5 Å². The molecule has 1 aromatic carbocycles. The number of fused-ring (bicyclic) bond motifs is 1. The number of ether oxygens (including phenoxy) is 1. The first-order valence-corrected chi connectivity index (χ1v) is 9.23. The highest BCUT2D eigenvalue weighted by molar-refractivity contribution is 5.66. The van der Waals surface area contributed by atoms with Crippen LogP contribution in [-0.4, -0.2) is 35.1 Å². The van der Waals surface area contributed by atoms with Gasteiger partial charge in [0.2, 0.25) is 0 Å². The Morgan fingerprint density at radius 2 is 2.04 bits per heavy atom. The van der Waals surface area contributed by atoms with E-state index in [9.17, 15) is 0 Å². The molecule has 0 unspecified atom stereocenters. The third-order valence-electron chi connectivity index (χ3n) is 4.90. The van der Waals surface area contributed by atoms with E-state index in [4.69, 9.17) is 9.72 Å². The maximum atomic E-state index is 5.50. The summed E-state index contributed by atoms with van der Waals surface area (Å²) in [6.45, 7) is 5.60. The number of aromatic nitrogens is 2. The first kappa shape index (κ1) is 17.5. The van der Waals surface area contributed by atoms with Crippen LogP contribution in [-0.2, 0) is 13.1 Å². The van der Waals surface area contributed by atoms with Crippen molar-refractivity contribution >= 4 is 5.69 Å². The van der Waals surface area contributed by atoms with Crippen LogP contribution in [0.3, 0.4) is 0 Å². The van der Waals surface area contributed by atoms with Crippen LogP contribution in [0.15, 0.2) is 54.9 Å². The van der Waals surface area contributed by atoms with Crippen molar-refractivity contribution in [3.05, 3.63) is 71.7 Å². The molecule has 1 N–H and O–H groups in total. The Morgan fingerprint density at radius 1 is 1.15 bits per heavy atom. The fraction of sp³-hybridized carbons (Fsp3) is 0.273. The summed E-state index contributed by atoms with van der Waals surface area (Å²) in [7, 11) is 1.73. The van der Waals surface area contributed by atoms with Gasteiger partial charge >= 0.3 is 0 Å². The summed E-state index contributed by atoms with van der Waals surface area (Å²) in [6, 6.07) is 14.4. The first-order chi connectivity index (χ1) is 13.2. The topological polar surface area (TPSA) is 50.3 Å². The third-order valence-corrected chi connectivity index (χ3v) is 4.90. The largest absolute Gasteiger partial charge is 0.496 e. The Morgan fingerprint density at radius 3 is 2.89 bits per heavy atom. The molecule has 0 bridgehead atoms. The Hall–Kier alpha value is -2.92. The van der Waals surface area contributed by atoms with E-state index >= 15 is 0 Å². The van der Waals surface area contributed by atoms with Gasteiger partial charge in [0.05, 0.1) is 12.8 Å². The summed E-state index contributed by atoms with van der Waals surface area (Å²) in [5, 5.41) is 3.57. The molecule has 5 heteroatoms. The van der Waals surface area contributed by atoms with Crippen LogP contribution in [0.1, 0.15) is 16.8 Å². The fourth-order valence-electron chi connectivity index (χ4n) is 3.52.